The van der Waals surface area contributed by atoms with E-state index in [1.165, 1.54) is 27.9 Å². The van der Waals surface area contributed by atoms with Crippen molar-refractivity contribution in [1.29, 1.82) is 0 Å². The van der Waals surface area contributed by atoms with Crippen LogP contribution in [0.4, 0.5) is 5.69 Å². The summed E-state index contributed by atoms with van der Waals surface area (Å²) in [4.78, 5) is 2.61. The molecule has 1 spiro atoms. The second-order valence-electron chi connectivity index (χ2n) is 13.4. The van der Waals surface area contributed by atoms with E-state index in [0.717, 1.165) is 42.1 Å². The van der Waals surface area contributed by atoms with Crippen LogP contribution in [-0.4, -0.2) is 25.9 Å². The van der Waals surface area contributed by atoms with Gasteiger partial charge in [0.15, 0.2) is 11.5 Å². The van der Waals surface area contributed by atoms with Crippen LogP contribution in [0.15, 0.2) is 54.6 Å². The van der Waals surface area contributed by atoms with Crippen LogP contribution in [-0.2, 0) is 27.0 Å². The van der Waals surface area contributed by atoms with Gasteiger partial charge in [-0.05, 0) is 81.2 Å². The number of aryl methyl sites for hydroxylation is 1. The molecule has 7 heteroatoms. The first-order valence-electron chi connectivity index (χ1n) is 15.7. The maximum atomic E-state index is 5.68. The Hall–Kier alpha value is -2.07. The van der Waals surface area contributed by atoms with Gasteiger partial charge >= 0.3 is 34.5 Å². The van der Waals surface area contributed by atoms with Crippen molar-refractivity contribution in [2.75, 3.05) is 19.1 Å². The van der Waals surface area contributed by atoms with Crippen LogP contribution in [0.3, 0.4) is 0 Å². The molecule has 3 aromatic carbocycles. The molecule has 1 fully saturated rings. The number of hydrogen-bond acceptors (Lipinski definition) is 4. The summed E-state index contributed by atoms with van der Waals surface area (Å²) in [5.41, 5.74) is 8.13. The van der Waals surface area contributed by atoms with Crippen LogP contribution in [0.25, 0.3) is 0 Å². The molecular weight excluding hydrogens is 690 g/mol. The zero-order chi connectivity index (χ0) is 33.5. The SMILES string of the molecule is COc1cc2c(cc1OC)C1([CH-]N(c3c(C(C)C)cccc3C(C)C)C(C)(C)C1)CC2.[CH2-]c1ccccc1OC(C)C.[Cl][Ru+2][Cl]. The van der Waals surface area contributed by atoms with Crippen molar-refractivity contribution in [1.82, 2.24) is 0 Å². The summed E-state index contributed by atoms with van der Waals surface area (Å²) in [6, 6.07) is 19.1. The van der Waals surface area contributed by atoms with E-state index in [0.29, 0.717) is 11.8 Å². The number of fused-ring (bicyclic) bond motifs is 2. The number of para-hydroxylation sites is 2. The van der Waals surface area contributed by atoms with E-state index >= 15 is 0 Å². The van der Waals surface area contributed by atoms with Gasteiger partial charge in [0.25, 0.3) is 0 Å². The Morgan fingerprint density at radius 3 is 1.91 bits per heavy atom. The Kier molecular flexibility index (Phi) is 13.4. The van der Waals surface area contributed by atoms with Crippen LogP contribution < -0.4 is 19.1 Å². The van der Waals surface area contributed by atoms with Gasteiger partial charge in [-0.3, -0.25) is 0 Å². The van der Waals surface area contributed by atoms with Crippen LogP contribution >= 0.6 is 19.4 Å². The third-order valence-corrected chi connectivity index (χ3v) is 8.68. The van der Waals surface area contributed by atoms with E-state index in [4.69, 9.17) is 33.6 Å². The number of hydrogen-bond donors (Lipinski definition) is 0. The van der Waals surface area contributed by atoms with Gasteiger partial charge in [-0.25, -0.2) is 6.54 Å². The number of rotatable bonds is 7. The minimum atomic E-state index is -0.346. The van der Waals surface area contributed by atoms with E-state index in [-0.39, 0.29) is 32.2 Å². The summed E-state index contributed by atoms with van der Waals surface area (Å²) < 4.78 is 16.7. The second-order valence-corrected chi connectivity index (χ2v) is 16.1. The fraction of sp³-hybridized carbons (Fsp3) is 0.474. The zero-order valence-corrected chi connectivity index (χ0v) is 31.9. The molecule has 3 aromatic rings. The molecule has 0 saturated carbocycles. The Morgan fingerprint density at radius 2 is 1.40 bits per heavy atom. The molecule has 0 aromatic heterocycles. The number of anilines is 1. The molecule has 1 heterocycles. The molecule has 0 amide bonds. The molecule has 0 radical (unpaired) electrons. The Morgan fingerprint density at radius 1 is 0.844 bits per heavy atom. The number of halogens is 2. The van der Waals surface area contributed by atoms with Gasteiger partial charge in [0.1, 0.15) is 0 Å². The molecular formula is C38H51Cl2NO3Ru. The average molecular weight is 742 g/mol. The fourth-order valence-electron chi connectivity index (χ4n) is 6.76. The predicted octanol–water partition coefficient (Wildman–Crippen LogP) is 11.0. The predicted molar refractivity (Wildman–Crippen MR) is 188 cm³/mol. The maximum absolute atomic E-state index is 5.68. The van der Waals surface area contributed by atoms with Gasteiger partial charge in [-0.15, -0.1) is 11.5 Å². The van der Waals surface area contributed by atoms with E-state index in [1.807, 2.05) is 38.1 Å². The topological polar surface area (TPSA) is 30.9 Å². The van der Waals surface area contributed by atoms with Crippen LogP contribution in [0.1, 0.15) is 108 Å². The van der Waals surface area contributed by atoms with Gasteiger partial charge in [0.2, 0.25) is 0 Å². The third-order valence-electron chi connectivity index (χ3n) is 8.68. The third kappa shape index (κ3) is 8.65. The molecule has 5 rings (SSSR count). The van der Waals surface area contributed by atoms with E-state index in [9.17, 15) is 0 Å². The van der Waals surface area contributed by atoms with Gasteiger partial charge in [0, 0.05) is 17.0 Å². The van der Waals surface area contributed by atoms with Crippen molar-refractivity contribution in [3.63, 3.8) is 0 Å². The normalized spacial score (nSPS) is 18.0. The summed E-state index contributed by atoms with van der Waals surface area (Å²) in [6.07, 6.45) is 3.54. The molecule has 1 saturated heterocycles. The van der Waals surface area contributed by atoms with Crippen molar-refractivity contribution in [3.05, 3.63) is 95.9 Å². The molecule has 2 aliphatic rings. The molecule has 1 aliphatic heterocycles. The Balaban J connectivity index is 0.000000329. The monoisotopic (exact) mass is 741 g/mol. The number of benzene rings is 3. The van der Waals surface area contributed by atoms with Crippen LogP contribution in [0.2, 0.25) is 0 Å². The Bertz CT molecular complexity index is 1380. The molecule has 0 bridgehead atoms. The van der Waals surface area contributed by atoms with Crippen molar-refractivity contribution >= 4 is 25.1 Å². The zero-order valence-electron chi connectivity index (χ0n) is 28.6. The quantitative estimate of drug-likeness (QED) is 0.178. The van der Waals surface area contributed by atoms with Crippen molar-refractivity contribution in [2.24, 2.45) is 0 Å². The molecule has 1 atom stereocenters. The van der Waals surface area contributed by atoms with Gasteiger partial charge in [0.05, 0.1) is 20.3 Å². The first-order valence-corrected chi connectivity index (χ1v) is 20.2. The van der Waals surface area contributed by atoms with Gasteiger partial charge in [-0.2, -0.15) is 18.6 Å². The number of ether oxygens (including phenoxy) is 3. The molecule has 4 nitrogen and oxygen atoms in total. The number of methoxy groups -OCH3 is 2. The van der Waals surface area contributed by atoms with Crippen LogP contribution in [0.5, 0.6) is 17.2 Å². The molecule has 248 valence electrons. The van der Waals surface area contributed by atoms with Gasteiger partial charge < -0.3 is 19.1 Å². The Labute approximate surface area is 288 Å². The van der Waals surface area contributed by atoms with Crippen molar-refractivity contribution < 1.29 is 29.4 Å². The van der Waals surface area contributed by atoms with E-state index in [2.05, 4.69) is 90.2 Å². The summed E-state index contributed by atoms with van der Waals surface area (Å²) in [6.45, 7) is 24.5. The van der Waals surface area contributed by atoms with Crippen molar-refractivity contribution in [2.45, 2.75) is 104 Å². The van der Waals surface area contributed by atoms with Crippen LogP contribution in [0, 0.1) is 13.5 Å². The van der Waals surface area contributed by atoms with E-state index < -0.39 is 0 Å². The second kappa shape index (κ2) is 16.2. The summed E-state index contributed by atoms with van der Waals surface area (Å²) in [5, 5.41) is 0. The molecule has 45 heavy (non-hydrogen) atoms. The summed E-state index contributed by atoms with van der Waals surface area (Å²) in [7, 11) is 13.2. The van der Waals surface area contributed by atoms with Gasteiger partial charge in [-0.1, -0.05) is 70.0 Å². The summed E-state index contributed by atoms with van der Waals surface area (Å²) >= 11 is -0.346. The first kappa shape index (κ1) is 37.4. The number of nitrogens with zero attached hydrogens (tertiary/aromatic N) is 1. The molecule has 0 N–H and O–H groups in total. The van der Waals surface area contributed by atoms with E-state index in [1.54, 1.807) is 14.2 Å². The summed E-state index contributed by atoms with van der Waals surface area (Å²) in [5.74, 6) is 3.50. The average Bonchev–Trinajstić information content (AvgIpc) is 3.47. The van der Waals surface area contributed by atoms with Crippen molar-refractivity contribution in [3.8, 4) is 17.2 Å². The minimum absolute atomic E-state index is 0.0312. The standard InChI is InChI=1S/C28H38NO2.C10H13O.2ClH.Ru/c1-18(2)21-10-9-11-22(19(3)4)26(21)29-17-28(16-27(29,5)6)13-12-20-14-24(30-7)25(31-8)15-23(20)28;1-8(2)11-10-7-5-4-6-9(10)3;;;/h9-11,14-15,17-19H,12-13,16H2,1-8H3;4-8H,3H2,1-2H3;2*1H;/q2*-1;;;+4/p-2. The molecule has 1 aliphatic carbocycles. The first-order chi connectivity index (χ1) is 21.2. The molecule has 1 unspecified atom stereocenters. The fourth-order valence-corrected chi connectivity index (χ4v) is 6.76.